The summed E-state index contributed by atoms with van der Waals surface area (Å²) in [7, 11) is 3.25. The molecule has 10 nitrogen and oxygen atoms in total. The lowest BCUT2D eigenvalue weighted by molar-refractivity contribution is 0.406. The van der Waals surface area contributed by atoms with E-state index in [2.05, 4.69) is 29.9 Å². The average Bonchev–Trinajstić information content (AvgIpc) is 3.36. The highest BCUT2D eigenvalue weighted by Gasteiger charge is 2.08. The highest BCUT2D eigenvalue weighted by atomic mass is 16.5. The smallest absolute Gasteiger partial charge is 0.293 e. The lowest BCUT2D eigenvalue weighted by atomic mass is 10.2. The van der Waals surface area contributed by atoms with Gasteiger partial charge in [0.15, 0.2) is 11.6 Å². The number of allylic oxidation sites excluding steroid dienone is 1. The molecule has 4 rings (SSSR count). The first-order valence-corrected chi connectivity index (χ1v) is 8.37. The van der Waals surface area contributed by atoms with Crippen molar-refractivity contribution in [1.82, 2.24) is 29.5 Å². The van der Waals surface area contributed by atoms with E-state index in [-0.39, 0.29) is 16.9 Å². The summed E-state index contributed by atoms with van der Waals surface area (Å²) in [6, 6.07) is 0. The summed E-state index contributed by atoms with van der Waals surface area (Å²) in [5.41, 5.74) is 1.18. The van der Waals surface area contributed by atoms with Gasteiger partial charge in [0.1, 0.15) is 5.82 Å². The zero-order chi connectivity index (χ0) is 20.1. The van der Waals surface area contributed by atoms with Crippen molar-refractivity contribution in [2.24, 2.45) is 12.0 Å². The van der Waals surface area contributed by atoms with E-state index in [0.717, 1.165) is 12.0 Å². The molecule has 28 heavy (non-hydrogen) atoms. The van der Waals surface area contributed by atoms with Gasteiger partial charge in [-0.05, 0) is 6.92 Å². The fourth-order valence-electron chi connectivity index (χ4n) is 2.36. The number of H-pyrrole nitrogens is 2. The molecule has 1 aliphatic heterocycles. The number of methoxy groups -OCH3 is 1. The first-order valence-electron chi connectivity index (χ1n) is 8.37. The highest BCUT2D eigenvalue weighted by Crippen LogP contribution is 2.15. The Hall–Kier alpha value is -3.82. The summed E-state index contributed by atoms with van der Waals surface area (Å²) in [4.78, 5) is 44.1. The maximum Gasteiger partial charge on any atom is 0.293 e. The van der Waals surface area contributed by atoms with Crippen LogP contribution in [0, 0.1) is 6.92 Å². The summed E-state index contributed by atoms with van der Waals surface area (Å²) in [5.74, 6) is 1.84. The average molecular weight is 381 g/mol. The molecule has 10 heteroatoms. The number of aliphatic imine (C=N–C) groups is 1. The second kappa shape index (κ2) is 8.25. The van der Waals surface area contributed by atoms with Gasteiger partial charge < -0.3 is 19.3 Å². The highest BCUT2D eigenvalue weighted by molar-refractivity contribution is 5.81. The Kier molecular flexibility index (Phi) is 5.58. The van der Waals surface area contributed by atoms with Crippen LogP contribution in [0.3, 0.4) is 0 Å². The lowest BCUT2D eigenvalue weighted by Crippen LogP contribution is -2.12. The number of nitrogens with zero attached hydrogens (tertiary/aromatic N) is 5. The van der Waals surface area contributed by atoms with Crippen LogP contribution in [-0.2, 0) is 7.05 Å². The first-order chi connectivity index (χ1) is 13.5. The Morgan fingerprint density at radius 1 is 1.07 bits per heavy atom. The van der Waals surface area contributed by atoms with Crippen LogP contribution < -0.4 is 15.9 Å². The molecule has 3 aromatic heterocycles. The largest absolute Gasteiger partial charge is 0.490 e. The van der Waals surface area contributed by atoms with E-state index in [0.29, 0.717) is 23.0 Å². The Morgan fingerprint density at radius 3 is 2.39 bits per heavy atom. The molecule has 3 aromatic rings. The molecule has 2 N–H and O–H groups in total. The Morgan fingerprint density at radius 2 is 1.82 bits per heavy atom. The van der Waals surface area contributed by atoms with Crippen molar-refractivity contribution in [2.75, 3.05) is 7.11 Å². The Balaban J connectivity index is 0.000000162. The quantitative estimate of drug-likeness (QED) is 0.698. The molecule has 0 saturated carbocycles. The zero-order valence-electron chi connectivity index (χ0n) is 15.6. The van der Waals surface area contributed by atoms with Gasteiger partial charge in [-0.3, -0.25) is 14.6 Å². The minimum absolute atomic E-state index is 0.0854. The third-order valence-electron chi connectivity index (χ3n) is 3.95. The summed E-state index contributed by atoms with van der Waals surface area (Å²) >= 11 is 0. The van der Waals surface area contributed by atoms with E-state index >= 15 is 0 Å². The van der Waals surface area contributed by atoms with Crippen LogP contribution in [0.1, 0.15) is 17.8 Å². The third-order valence-corrected chi connectivity index (χ3v) is 3.95. The van der Waals surface area contributed by atoms with Crippen LogP contribution in [0.5, 0.6) is 5.75 Å². The third kappa shape index (κ3) is 4.11. The van der Waals surface area contributed by atoms with Gasteiger partial charge in [-0.1, -0.05) is 0 Å². The van der Waals surface area contributed by atoms with Crippen LogP contribution in [-0.4, -0.2) is 42.8 Å². The fraction of sp³-hybridized carbons (Fsp3) is 0.222. The molecule has 0 atom stereocenters. The molecule has 0 spiro atoms. The number of hydrogen-bond donors (Lipinski definition) is 2. The van der Waals surface area contributed by atoms with E-state index in [1.165, 1.54) is 13.3 Å². The molecule has 0 aromatic carbocycles. The number of aromatic amines is 2. The van der Waals surface area contributed by atoms with Gasteiger partial charge in [0, 0.05) is 55.6 Å². The van der Waals surface area contributed by atoms with Crippen molar-refractivity contribution >= 4 is 11.8 Å². The standard InChI is InChI=1S/C9H10N4O2.C9H9N3O/c1-13-4-3-10-8(13)7-11-5-6(15-2)9(14)12-7;1-6-4-11-8(12-9(6)13)7-2-3-10-5-7/h3-5H,1-2H3,(H,11,12,14);3-5H,2H2,1H3,(H,11,12,13). The molecule has 144 valence electrons. The van der Waals surface area contributed by atoms with Crippen molar-refractivity contribution in [2.45, 2.75) is 13.3 Å². The molecule has 0 aliphatic carbocycles. The van der Waals surface area contributed by atoms with Crippen LogP contribution in [0.2, 0.25) is 0 Å². The van der Waals surface area contributed by atoms with E-state index < -0.39 is 0 Å². The topological polar surface area (TPSA) is 131 Å². The van der Waals surface area contributed by atoms with Crippen molar-refractivity contribution < 1.29 is 4.74 Å². The zero-order valence-corrected chi connectivity index (χ0v) is 15.6. The fourth-order valence-corrected chi connectivity index (χ4v) is 2.36. The number of hydrogen-bond acceptors (Lipinski definition) is 7. The van der Waals surface area contributed by atoms with Gasteiger partial charge in [-0.2, -0.15) is 0 Å². The monoisotopic (exact) mass is 381 g/mol. The maximum absolute atomic E-state index is 11.4. The summed E-state index contributed by atoms with van der Waals surface area (Å²) in [6.45, 7) is 1.73. The minimum Gasteiger partial charge on any atom is -0.490 e. The molecular formula is C18H19N7O3. The number of rotatable bonds is 3. The molecule has 0 saturated heterocycles. The molecule has 4 heterocycles. The van der Waals surface area contributed by atoms with Crippen molar-refractivity contribution in [3.05, 3.63) is 63.1 Å². The Bertz CT molecular complexity index is 1150. The molecular weight excluding hydrogens is 362 g/mol. The van der Waals surface area contributed by atoms with Gasteiger partial charge in [-0.25, -0.2) is 15.0 Å². The molecule has 0 fully saturated rings. The SMILES string of the molecule is COc1cnc(-c2nccn2C)[nH]c1=O.Cc1cnc(C2=CN=CC2)[nH]c1=O. The van der Waals surface area contributed by atoms with Gasteiger partial charge in [0.05, 0.1) is 13.3 Å². The number of aryl methyl sites for hydroxylation is 2. The number of aromatic nitrogens is 6. The van der Waals surface area contributed by atoms with Gasteiger partial charge in [-0.15, -0.1) is 0 Å². The van der Waals surface area contributed by atoms with Gasteiger partial charge >= 0.3 is 0 Å². The number of ether oxygens (including phenoxy) is 1. The van der Waals surface area contributed by atoms with Crippen LogP contribution in [0.25, 0.3) is 17.2 Å². The van der Waals surface area contributed by atoms with Crippen LogP contribution in [0.4, 0.5) is 0 Å². The van der Waals surface area contributed by atoms with E-state index in [1.807, 2.05) is 7.05 Å². The van der Waals surface area contributed by atoms with E-state index in [4.69, 9.17) is 4.74 Å². The number of imidazole rings is 1. The van der Waals surface area contributed by atoms with Crippen molar-refractivity contribution in [3.63, 3.8) is 0 Å². The molecule has 0 bridgehead atoms. The number of nitrogens with one attached hydrogen (secondary N) is 2. The van der Waals surface area contributed by atoms with Gasteiger partial charge in [0.2, 0.25) is 5.75 Å². The summed E-state index contributed by atoms with van der Waals surface area (Å²) < 4.78 is 6.58. The Labute approximate surface area is 159 Å². The second-order valence-corrected chi connectivity index (χ2v) is 5.93. The summed E-state index contributed by atoms with van der Waals surface area (Å²) in [6.07, 6.45) is 10.6. The molecule has 0 amide bonds. The van der Waals surface area contributed by atoms with Crippen LogP contribution >= 0.6 is 0 Å². The first kappa shape index (κ1) is 19.0. The van der Waals surface area contributed by atoms with E-state index in [1.54, 1.807) is 42.5 Å². The predicted octanol–water partition coefficient (Wildman–Crippen LogP) is 1.07. The van der Waals surface area contributed by atoms with Crippen molar-refractivity contribution in [3.8, 4) is 17.4 Å². The van der Waals surface area contributed by atoms with Crippen LogP contribution in [0.15, 0.2) is 45.6 Å². The second-order valence-electron chi connectivity index (χ2n) is 5.93. The lowest BCUT2D eigenvalue weighted by Gasteiger charge is -2.01. The van der Waals surface area contributed by atoms with E-state index in [9.17, 15) is 9.59 Å². The molecule has 0 radical (unpaired) electrons. The predicted molar refractivity (Wildman–Crippen MR) is 104 cm³/mol. The summed E-state index contributed by atoms with van der Waals surface area (Å²) in [5, 5.41) is 0. The molecule has 0 unspecified atom stereocenters. The molecule has 1 aliphatic rings. The minimum atomic E-state index is -0.314. The maximum atomic E-state index is 11.4. The van der Waals surface area contributed by atoms with Crippen molar-refractivity contribution in [1.29, 1.82) is 0 Å². The normalized spacial score (nSPS) is 12.3. The van der Waals surface area contributed by atoms with Gasteiger partial charge in [0.25, 0.3) is 11.1 Å².